The normalized spacial score (nSPS) is 12.1. The molecule has 0 N–H and O–H groups in total. The fraction of sp³-hybridized carbons (Fsp3) is 0. The van der Waals surface area contributed by atoms with Gasteiger partial charge in [-0.2, -0.15) is 0 Å². The van der Waals surface area contributed by atoms with E-state index in [0.29, 0.717) is 0 Å². The van der Waals surface area contributed by atoms with Gasteiger partial charge in [0.15, 0.2) is 0 Å². The molecule has 0 amide bonds. The molecule has 0 aliphatic heterocycles. The average molecular weight is 753 g/mol. The Kier molecular flexibility index (Phi) is 6.66. The summed E-state index contributed by atoms with van der Waals surface area (Å²) in [6.45, 7) is 0. The zero-order valence-corrected chi connectivity index (χ0v) is 32.1. The molecule has 0 fully saturated rings. The SMILES string of the molecule is c1ccc2cc(-c3c4ccccc4c(-c4ccc(-c5c6ccccc6cc6c5oc5ccc7c8ccccc8sc7c56)c5ccccc45)c4ccccc34)ccc2c1. The fourth-order valence-corrected chi connectivity index (χ4v) is 11.2. The fourth-order valence-electron chi connectivity index (χ4n) is 9.92. The molecule has 11 aromatic carbocycles. The van der Waals surface area contributed by atoms with Crippen molar-refractivity contribution in [2.45, 2.75) is 0 Å². The highest BCUT2D eigenvalue weighted by molar-refractivity contribution is 7.26. The summed E-state index contributed by atoms with van der Waals surface area (Å²) in [4.78, 5) is 0. The number of furan rings is 1. The standard InChI is InChI=1S/C56H32OS/c1-2-14-34-31-36(26-25-33(34)13-1)51-41-20-7-9-22-43(41)52(44-23-10-8-21-42(44)51)45-27-28-46(39-18-6-5-17-38(39)45)53-37-16-4-3-15-35(37)32-48-54-49(57-55(48)53)30-29-47-40-19-11-12-24-50(40)58-56(47)54/h1-32H. The van der Waals surface area contributed by atoms with Gasteiger partial charge in [-0.15, -0.1) is 11.3 Å². The molecule has 0 aliphatic rings. The summed E-state index contributed by atoms with van der Waals surface area (Å²) in [5.74, 6) is 0. The minimum atomic E-state index is 0.927. The van der Waals surface area contributed by atoms with Crippen LogP contribution in [-0.4, -0.2) is 0 Å². The maximum atomic E-state index is 7.02. The van der Waals surface area contributed by atoms with Crippen molar-refractivity contribution in [1.82, 2.24) is 0 Å². The van der Waals surface area contributed by atoms with Crippen LogP contribution in [0.5, 0.6) is 0 Å². The van der Waals surface area contributed by atoms with Crippen molar-refractivity contribution < 1.29 is 4.42 Å². The van der Waals surface area contributed by atoms with Crippen LogP contribution in [0, 0.1) is 0 Å². The Balaban J connectivity index is 1.11. The van der Waals surface area contributed by atoms with E-state index in [1.165, 1.54) is 107 Å². The van der Waals surface area contributed by atoms with Gasteiger partial charge in [0.1, 0.15) is 11.2 Å². The van der Waals surface area contributed by atoms with E-state index < -0.39 is 0 Å². The number of benzene rings is 11. The second kappa shape index (κ2) is 12.1. The van der Waals surface area contributed by atoms with Crippen LogP contribution in [0.25, 0.3) is 129 Å². The van der Waals surface area contributed by atoms with E-state index in [0.717, 1.165) is 22.1 Å². The Morgan fingerprint density at radius 2 is 0.879 bits per heavy atom. The Bertz CT molecular complexity index is 3810. The van der Waals surface area contributed by atoms with Crippen LogP contribution in [-0.2, 0) is 0 Å². The van der Waals surface area contributed by atoms with E-state index in [2.05, 4.69) is 194 Å². The first-order valence-electron chi connectivity index (χ1n) is 19.9. The highest BCUT2D eigenvalue weighted by atomic mass is 32.1. The van der Waals surface area contributed by atoms with Crippen LogP contribution in [0.15, 0.2) is 199 Å². The van der Waals surface area contributed by atoms with Gasteiger partial charge in [0.25, 0.3) is 0 Å². The number of thiophene rings is 1. The Morgan fingerprint density at radius 1 is 0.328 bits per heavy atom. The molecule has 0 radical (unpaired) electrons. The molecule has 0 bridgehead atoms. The molecule has 0 atom stereocenters. The van der Waals surface area contributed by atoms with Crippen molar-refractivity contribution in [1.29, 1.82) is 0 Å². The molecule has 2 heteroatoms. The number of hydrogen-bond acceptors (Lipinski definition) is 2. The van der Waals surface area contributed by atoms with E-state index >= 15 is 0 Å². The second-order valence-corrected chi connectivity index (χ2v) is 16.5. The second-order valence-electron chi connectivity index (χ2n) is 15.5. The van der Waals surface area contributed by atoms with Gasteiger partial charge >= 0.3 is 0 Å². The topological polar surface area (TPSA) is 13.1 Å². The quantitative estimate of drug-likeness (QED) is 0.164. The zero-order chi connectivity index (χ0) is 37.9. The summed E-state index contributed by atoms with van der Waals surface area (Å²) in [5.41, 5.74) is 9.18. The Hall–Kier alpha value is -7.26. The van der Waals surface area contributed by atoms with Crippen LogP contribution >= 0.6 is 11.3 Å². The van der Waals surface area contributed by atoms with Crippen LogP contribution in [0.2, 0.25) is 0 Å². The third-order valence-electron chi connectivity index (χ3n) is 12.4. The van der Waals surface area contributed by atoms with E-state index in [9.17, 15) is 0 Å². The number of fused-ring (bicyclic) bond motifs is 12. The third kappa shape index (κ3) is 4.46. The van der Waals surface area contributed by atoms with Gasteiger partial charge in [-0.25, -0.2) is 0 Å². The maximum absolute atomic E-state index is 7.02. The van der Waals surface area contributed by atoms with Gasteiger partial charge in [0.2, 0.25) is 0 Å². The molecule has 0 saturated carbocycles. The summed E-state index contributed by atoms with van der Waals surface area (Å²) in [6, 6.07) is 71.4. The van der Waals surface area contributed by atoms with Crippen molar-refractivity contribution in [3.05, 3.63) is 194 Å². The average Bonchev–Trinajstić information content (AvgIpc) is 3.85. The Morgan fingerprint density at radius 3 is 1.59 bits per heavy atom. The highest BCUT2D eigenvalue weighted by Gasteiger charge is 2.23. The molecule has 268 valence electrons. The van der Waals surface area contributed by atoms with Gasteiger partial charge in [-0.05, 0) is 112 Å². The van der Waals surface area contributed by atoms with Gasteiger partial charge in [0, 0.05) is 36.5 Å². The van der Waals surface area contributed by atoms with E-state index in [-0.39, 0.29) is 0 Å². The van der Waals surface area contributed by atoms with Crippen molar-refractivity contribution in [2.75, 3.05) is 0 Å². The van der Waals surface area contributed by atoms with E-state index in [4.69, 9.17) is 4.42 Å². The highest BCUT2D eigenvalue weighted by Crippen LogP contribution is 2.50. The molecule has 0 aliphatic carbocycles. The lowest BCUT2D eigenvalue weighted by molar-refractivity contribution is 0.671. The van der Waals surface area contributed by atoms with Crippen molar-refractivity contribution in [3.8, 4) is 33.4 Å². The molecule has 13 rings (SSSR count). The number of rotatable bonds is 3. The number of hydrogen-bond donors (Lipinski definition) is 0. The molecule has 0 saturated heterocycles. The minimum absolute atomic E-state index is 0.927. The molecule has 2 aromatic heterocycles. The smallest absolute Gasteiger partial charge is 0.143 e. The molecule has 1 nitrogen and oxygen atoms in total. The lowest BCUT2D eigenvalue weighted by Gasteiger charge is -2.20. The summed E-state index contributed by atoms with van der Waals surface area (Å²) in [5, 5.41) is 17.3. The first kappa shape index (κ1) is 31.9. The predicted molar refractivity (Wildman–Crippen MR) is 250 cm³/mol. The molecule has 58 heavy (non-hydrogen) atoms. The monoisotopic (exact) mass is 752 g/mol. The molecule has 0 spiro atoms. The van der Waals surface area contributed by atoms with Crippen LogP contribution in [0.1, 0.15) is 0 Å². The van der Waals surface area contributed by atoms with E-state index in [1.807, 2.05) is 11.3 Å². The molecule has 2 heterocycles. The van der Waals surface area contributed by atoms with Gasteiger partial charge in [-0.1, -0.05) is 164 Å². The summed E-state index contributed by atoms with van der Waals surface area (Å²) < 4.78 is 9.60. The van der Waals surface area contributed by atoms with Crippen molar-refractivity contribution in [3.63, 3.8) is 0 Å². The Labute approximate surface area is 337 Å². The predicted octanol–water partition coefficient (Wildman–Crippen LogP) is 16.7. The lowest BCUT2D eigenvalue weighted by Crippen LogP contribution is -1.93. The van der Waals surface area contributed by atoms with Crippen molar-refractivity contribution >= 4 is 107 Å². The van der Waals surface area contributed by atoms with Gasteiger partial charge in [-0.3, -0.25) is 0 Å². The van der Waals surface area contributed by atoms with Gasteiger partial charge in [0.05, 0.1) is 0 Å². The molecular formula is C56H32OS. The molecular weight excluding hydrogens is 721 g/mol. The minimum Gasteiger partial charge on any atom is -0.455 e. The summed E-state index contributed by atoms with van der Waals surface area (Å²) in [7, 11) is 0. The third-order valence-corrected chi connectivity index (χ3v) is 13.6. The lowest BCUT2D eigenvalue weighted by atomic mass is 9.83. The first-order valence-corrected chi connectivity index (χ1v) is 20.7. The van der Waals surface area contributed by atoms with Crippen LogP contribution in [0.4, 0.5) is 0 Å². The first-order chi connectivity index (χ1) is 28.8. The van der Waals surface area contributed by atoms with Crippen LogP contribution < -0.4 is 0 Å². The zero-order valence-electron chi connectivity index (χ0n) is 31.3. The molecule has 13 aromatic rings. The largest absolute Gasteiger partial charge is 0.455 e. The van der Waals surface area contributed by atoms with E-state index in [1.54, 1.807) is 0 Å². The van der Waals surface area contributed by atoms with Crippen molar-refractivity contribution in [2.24, 2.45) is 0 Å². The maximum Gasteiger partial charge on any atom is 0.143 e. The molecule has 0 unspecified atom stereocenters. The summed E-state index contributed by atoms with van der Waals surface area (Å²) >= 11 is 1.86. The van der Waals surface area contributed by atoms with Gasteiger partial charge < -0.3 is 4.42 Å². The van der Waals surface area contributed by atoms with Crippen LogP contribution in [0.3, 0.4) is 0 Å². The summed E-state index contributed by atoms with van der Waals surface area (Å²) in [6.07, 6.45) is 0.